The predicted octanol–water partition coefficient (Wildman–Crippen LogP) is 3.36. The molecule has 0 amide bonds. The van der Waals surface area contributed by atoms with Crippen LogP contribution in [0, 0.1) is 13.8 Å². The van der Waals surface area contributed by atoms with Gasteiger partial charge in [0.05, 0.1) is 23.5 Å². The quantitative estimate of drug-likeness (QED) is 0.338. The second-order valence-corrected chi connectivity index (χ2v) is 9.27. The van der Waals surface area contributed by atoms with Crippen molar-refractivity contribution in [3.8, 4) is 0 Å². The first kappa shape index (κ1) is 23.5. The average Bonchev–Trinajstić information content (AvgIpc) is 3.34. The highest BCUT2D eigenvalue weighted by Crippen LogP contribution is 2.21. The number of rotatable bonds is 10. The molecule has 170 valence electrons. The number of sulfone groups is 1. The van der Waals surface area contributed by atoms with E-state index in [0.29, 0.717) is 18.7 Å². The smallest absolute Gasteiger partial charge is 0.374 e. The molecular formula is C23H25NO7S. The molecule has 3 rings (SSSR count). The van der Waals surface area contributed by atoms with Crippen LogP contribution in [0.25, 0.3) is 0 Å². The maximum absolute atomic E-state index is 12.6. The van der Waals surface area contributed by atoms with Gasteiger partial charge in [0.1, 0.15) is 0 Å². The average molecular weight is 460 g/mol. The first-order valence-corrected chi connectivity index (χ1v) is 11.6. The number of methoxy groups -OCH3 is 1. The van der Waals surface area contributed by atoms with Crippen LogP contribution in [0.15, 0.2) is 58.0 Å². The van der Waals surface area contributed by atoms with E-state index in [1.54, 1.807) is 31.4 Å². The molecule has 2 heterocycles. The van der Waals surface area contributed by atoms with Crippen molar-refractivity contribution in [2.45, 2.75) is 31.0 Å². The zero-order valence-electron chi connectivity index (χ0n) is 18.2. The number of aryl methyl sites for hydroxylation is 1. The van der Waals surface area contributed by atoms with Gasteiger partial charge < -0.3 is 18.5 Å². The number of esters is 1. The number of aromatic nitrogens is 1. The Kier molecular flexibility index (Phi) is 7.32. The molecule has 0 aliphatic carbocycles. The number of carbonyl (C=O) groups is 2. The number of benzene rings is 1. The summed E-state index contributed by atoms with van der Waals surface area (Å²) in [5.41, 5.74) is 2.28. The van der Waals surface area contributed by atoms with Crippen LogP contribution in [0.2, 0.25) is 0 Å². The summed E-state index contributed by atoms with van der Waals surface area (Å²) in [5.74, 6) is -1.91. The topological polar surface area (TPSA) is 105 Å². The Balaban J connectivity index is 1.68. The zero-order valence-corrected chi connectivity index (χ0v) is 19.0. The third-order valence-corrected chi connectivity index (χ3v) is 6.79. The summed E-state index contributed by atoms with van der Waals surface area (Å²) >= 11 is 0. The largest absolute Gasteiger partial charge is 0.457 e. The van der Waals surface area contributed by atoms with E-state index in [2.05, 4.69) is 0 Å². The normalized spacial score (nSPS) is 11.5. The van der Waals surface area contributed by atoms with Crippen LogP contribution < -0.4 is 0 Å². The number of hydrogen-bond acceptors (Lipinski definition) is 7. The first-order chi connectivity index (χ1) is 15.2. The lowest BCUT2D eigenvalue weighted by Gasteiger charge is -2.09. The van der Waals surface area contributed by atoms with Gasteiger partial charge in [-0.15, -0.1) is 0 Å². The molecule has 0 fully saturated rings. The minimum atomic E-state index is -3.68. The highest BCUT2D eigenvalue weighted by atomic mass is 32.2. The Morgan fingerprint density at radius 3 is 2.50 bits per heavy atom. The molecule has 0 saturated heterocycles. The third kappa shape index (κ3) is 5.17. The number of Topliss-reactive ketones (excluding diaryl/α,β-unsaturated/α-hetero) is 1. The van der Waals surface area contributed by atoms with Gasteiger partial charge in [0.15, 0.2) is 16.4 Å². The molecule has 9 heteroatoms. The van der Waals surface area contributed by atoms with Gasteiger partial charge in [0.2, 0.25) is 11.5 Å². The minimum Gasteiger partial charge on any atom is -0.457 e. The van der Waals surface area contributed by atoms with Crippen LogP contribution in [-0.2, 0) is 31.6 Å². The molecule has 32 heavy (non-hydrogen) atoms. The van der Waals surface area contributed by atoms with Gasteiger partial charge in [-0.25, -0.2) is 13.2 Å². The molecule has 0 bridgehead atoms. The SMILES string of the molecule is COCCn1c(C)cc(C(=O)COC(=O)c2occc2CS(=O)(=O)c2ccccc2)c1C. The second kappa shape index (κ2) is 9.97. The maximum atomic E-state index is 12.6. The number of hydrogen-bond donors (Lipinski definition) is 0. The van der Waals surface area contributed by atoms with E-state index >= 15 is 0 Å². The fraction of sp³-hybridized carbons (Fsp3) is 0.304. The molecule has 2 aromatic heterocycles. The molecule has 0 atom stereocenters. The number of nitrogens with zero attached hydrogens (tertiary/aromatic N) is 1. The number of furan rings is 1. The summed E-state index contributed by atoms with van der Waals surface area (Å²) in [5, 5.41) is 0. The van der Waals surface area contributed by atoms with E-state index in [0.717, 1.165) is 11.4 Å². The molecule has 0 unspecified atom stereocenters. The molecule has 8 nitrogen and oxygen atoms in total. The van der Waals surface area contributed by atoms with E-state index in [1.807, 2.05) is 18.4 Å². The zero-order chi connectivity index (χ0) is 23.3. The lowest BCUT2D eigenvalue weighted by molar-refractivity contribution is 0.0442. The van der Waals surface area contributed by atoms with E-state index in [-0.39, 0.29) is 22.0 Å². The van der Waals surface area contributed by atoms with Gasteiger partial charge in [0.25, 0.3) is 0 Å². The number of ketones is 1. The summed E-state index contributed by atoms with van der Waals surface area (Å²) in [4.78, 5) is 25.3. The number of ether oxygens (including phenoxy) is 2. The summed E-state index contributed by atoms with van der Waals surface area (Å²) < 4.78 is 42.6. The van der Waals surface area contributed by atoms with Crippen LogP contribution in [-0.4, -0.2) is 45.1 Å². The van der Waals surface area contributed by atoms with Gasteiger partial charge in [-0.1, -0.05) is 18.2 Å². The molecular weight excluding hydrogens is 434 g/mol. The Morgan fingerprint density at radius 1 is 1.09 bits per heavy atom. The van der Waals surface area contributed by atoms with E-state index < -0.39 is 28.2 Å². The Hall–Kier alpha value is -3.17. The van der Waals surface area contributed by atoms with Crippen LogP contribution >= 0.6 is 0 Å². The molecule has 0 radical (unpaired) electrons. The van der Waals surface area contributed by atoms with Crippen molar-refractivity contribution in [3.63, 3.8) is 0 Å². The molecule has 0 aliphatic heterocycles. The van der Waals surface area contributed by atoms with Gasteiger partial charge in [-0.05, 0) is 38.1 Å². The van der Waals surface area contributed by atoms with Crippen LogP contribution in [0.4, 0.5) is 0 Å². The standard InChI is InChI=1S/C23H25NO7S/c1-16-13-20(17(2)24(16)10-12-29-3)21(25)14-31-23(26)22-18(9-11-30-22)15-32(27,28)19-7-5-4-6-8-19/h4-9,11,13H,10,12,14-15H2,1-3H3. The van der Waals surface area contributed by atoms with Crippen LogP contribution in [0.3, 0.4) is 0 Å². The molecule has 0 aliphatic rings. The minimum absolute atomic E-state index is 0.138. The van der Waals surface area contributed by atoms with Gasteiger partial charge in [0, 0.05) is 36.2 Å². The Morgan fingerprint density at radius 2 is 1.81 bits per heavy atom. The van der Waals surface area contributed by atoms with Crippen molar-refractivity contribution >= 4 is 21.6 Å². The lowest BCUT2D eigenvalue weighted by atomic mass is 10.1. The van der Waals surface area contributed by atoms with Crippen molar-refractivity contribution < 1.29 is 31.9 Å². The van der Waals surface area contributed by atoms with Crippen molar-refractivity contribution in [2.75, 3.05) is 20.3 Å². The van der Waals surface area contributed by atoms with E-state index in [9.17, 15) is 18.0 Å². The third-order valence-electron chi connectivity index (χ3n) is 5.11. The molecule has 0 N–H and O–H groups in total. The molecule has 3 aromatic rings. The van der Waals surface area contributed by atoms with Crippen molar-refractivity contribution in [2.24, 2.45) is 0 Å². The lowest BCUT2D eigenvalue weighted by Crippen LogP contribution is -2.16. The molecule has 0 saturated carbocycles. The van der Waals surface area contributed by atoms with Crippen molar-refractivity contribution in [3.05, 3.63) is 77.0 Å². The van der Waals surface area contributed by atoms with Gasteiger partial charge in [-0.2, -0.15) is 0 Å². The van der Waals surface area contributed by atoms with Gasteiger partial charge >= 0.3 is 5.97 Å². The highest BCUT2D eigenvalue weighted by Gasteiger charge is 2.24. The summed E-state index contributed by atoms with van der Waals surface area (Å²) in [7, 11) is -2.07. The first-order valence-electron chi connectivity index (χ1n) is 9.94. The van der Waals surface area contributed by atoms with E-state index in [4.69, 9.17) is 13.9 Å². The summed E-state index contributed by atoms with van der Waals surface area (Å²) in [6, 6.07) is 11.1. The monoisotopic (exact) mass is 459 g/mol. The summed E-state index contributed by atoms with van der Waals surface area (Å²) in [6.45, 7) is 4.32. The maximum Gasteiger partial charge on any atom is 0.374 e. The fourth-order valence-corrected chi connectivity index (χ4v) is 4.80. The van der Waals surface area contributed by atoms with Crippen molar-refractivity contribution in [1.82, 2.24) is 4.57 Å². The Bertz CT molecular complexity index is 1210. The van der Waals surface area contributed by atoms with Crippen LogP contribution in [0.1, 0.15) is 37.9 Å². The Labute approximate surface area is 186 Å². The highest BCUT2D eigenvalue weighted by molar-refractivity contribution is 7.90. The van der Waals surface area contributed by atoms with E-state index in [1.165, 1.54) is 24.5 Å². The predicted molar refractivity (Wildman–Crippen MR) is 116 cm³/mol. The molecule has 0 spiro atoms. The second-order valence-electron chi connectivity index (χ2n) is 7.28. The van der Waals surface area contributed by atoms with Crippen LogP contribution in [0.5, 0.6) is 0 Å². The fourth-order valence-electron chi connectivity index (χ4n) is 3.43. The van der Waals surface area contributed by atoms with Gasteiger partial charge in [-0.3, -0.25) is 4.79 Å². The van der Waals surface area contributed by atoms with Crippen molar-refractivity contribution in [1.29, 1.82) is 0 Å². The number of carbonyl (C=O) groups excluding carboxylic acids is 2. The summed E-state index contributed by atoms with van der Waals surface area (Å²) in [6.07, 6.45) is 1.22. The molecule has 1 aromatic carbocycles.